The molecule has 2 heterocycles. The van der Waals surface area contributed by atoms with Crippen LogP contribution in [-0.2, 0) is 9.63 Å². The van der Waals surface area contributed by atoms with Crippen molar-refractivity contribution < 1.29 is 19.1 Å². The van der Waals surface area contributed by atoms with E-state index < -0.39 is 0 Å². The Bertz CT molecular complexity index is 597. The maximum absolute atomic E-state index is 11.8. The van der Waals surface area contributed by atoms with Gasteiger partial charge in [-0.25, -0.2) is 5.01 Å². The van der Waals surface area contributed by atoms with Crippen LogP contribution in [0.15, 0.2) is 23.4 Å². The molecule has 0 radical (unpaired) electrons. The van der Waals surface area contributed by atoms with Gasteiger partial charge in [-0.15, -0.1) is 0 Å². The maximum Gasteiger partial charge on any atom is 0.275 e. The van der Waals surface area contributed by atoms with Crippen LogP contribution < -0.4 is 14.9 Å². The standard InChI is InChI=1S/C16H21N3O4/c1-12(13-5-6-14-15(9-13)22-11-21-14)18-23-10-16(20)17-19-7-3-2-4-8-19/h5-6,9H,2-4,7-8,10-11H2,1H3,(H,17,20)/b18-12-. The van der Waals surface area contributed by atoms with Gasteiger partial charge in [-0.2, -0.15) is 0 Å². The molecule has 1 aromatic rings. The lowest BCUT2D eigenvalue weighted by Crippen LogP contribution is -2.46. The molecule has 1 aromatic carbocycles. The molecule has 0 aliphatic carbocycles. The van der Waals surface area contributed by atoms with E-state index in [0.29, 0.717) is 11.5 Å². The van der Waals surface area contributed by atoms with Gasteiger partial charge in [-0.05, 0) is 38.0 Å². The molecule has 0 bridgehead atoms. The highest BCUT2D eigenvalue weighted by Crippen LogP contribution is 2.32. The van der Waals surface area contributed by atoms with E-state index in [9.17, 15) is 4.79 Å². The molecule has 0 aromatic heterocycles. The molecule has 1 saturated heterocycles. The largest absolute Gasteiger partial charge is 0.454 e. The number of piperidine rings is 1. The highest BCUT2D eigenvalue weighted by Gasteiger charge is 2.15. The number of hydrogen-bond acceptors (Lipinski definition) is 6. The smallest absolute Gasteiger partial charge is 0.275 e. The van der Waals surface area contributed by atoms with Gasteiger partial charge < -0.3 is 14.3 Å². The molecule has 0 saturated carbocycles. The number of fused-ring (bicyclic) bond motifs is 1. The van der Waals surface area contributed by atoms with Crippen LogP contribution in [0.5, 0.6) is 11.5 Å². The van der Waals surface area contributed by atoms with Gasteiger partial charge in [0.15, 0.2) is 18.1 Å². The Hall–Kier alpha value is -2.28. The van der Waals surface area contributed by atoms with Crippen LogP contribution in [0.1, 0.15) is 31.7 Å². The molecule has 2 aliphatic rings. The first-order chi connectivity index (χ1) is 11.2. The summed E-state index contributed by atoms with van der Waals surface area (Å²) < 4.78 is 10.6. The topological polar surface area (TPSA) is 72.4 Å². The predicted molar refractivity (Wildman–Crippen MR) is 84.3 cm³/mol. The molecule has 2 aliphatic heterocycles. The summed E-state index contributed by atoms with van der Waals surface area (Å²) in [5.41, 5.74) is 4.37. The number of nitrogens with one attached hydrogen (secondary N) is 1. The molecule has 1 N–H and O–H groups in total. The Kier molecular flexibility index (Phi) is 4.97. The second-order valence-electron chi connectivity index (χ2n) is 5.60. The van der Waals surface area contributed by atoms with E-state index in [2.05, 4.69) is 10.6 Å². The molecule has 7 heteroatoms. The minimum absolute atomic E-state index is 0.0988. The maximum atomic E-state index is 11.8. The third kappa shape index (κ3) is 4.13. The van der Waals surface area contributed by atoms with E-state index in [1.165, 1.54) is 6.42 Å². The van der Waals surface area contributed by atoms with Crippen molar-refractivity contribution in [1.29, 1.82) is 0 Å². The lowest BCUT2D eigenvalue weighted by molar-refractivity contribution is -0.131. The van der Waals surface area contributed by atoms with E-state index in [1.807, 2.05) is 30.1 Å². The first-order valence-electron chi connectivity index (χ1n) is 7.83. The Morgan fingerprint density at radius 2 is 2.04 bits per heavy atom. The molecular formula is C16H21N3O4. The van der Waals surface area contributed by atoms with Crippen LogP contribution in [-0.4, -0.2) is 43.1 Å². The summed E-state index contributed by atoms with van der Waals surface area (Å²) in [6.07, 6.45) is 3.45. The van der Waals surface area contributed by atoms with Crippen molar-refractivity contribution in [1.82, 2.24) is 10.4 Å². The average Bonchev–Trinajstić information content (AvgIpc) is 3.03. The molecule has 23 heavy (non-hydrogen) atoms. The normalized spacial score (nSPS) is 17.9. The van der Waals surface area contributed by atoms with E-state index >= 15 is 0 Å². The van der Waals surface area contributed by atoms with Crippen molar-refractivity contribution in [2.75, 3.05) is 26.5 Å². The van der Waals surface area contributed by atoms with Gasteiger partial charge in [0.05, 0.1) is 5.71 Å². The van der Waals surface area contributed by atoms with Gasteiger partial charge in [0, 0.05) is 18.7 Å². The molecule has 0 spiro atoms. The number of rotatable bonds is 5. The number of amides is 1. The van der Waals surface area contributed by atoms with Crippen LogP contribution in [0.3, 0.4) is 0 Å². The van der Waals surface area contributed by atoms with Crippen LogP contribution in [0.2, 0.25) is 0 Å². The molecule has 124 valence electrons. The minimum Gasteiger partial charge on any atom is -0.454 e. The zero-order valence-corrected chi connectivity index (χ0v) is 13.2. The summed E-state index contributed by atoms with van der Waals surface area (Å²) >= 11 is 0. The van der Waals surface area contributed by atoms with Crippen molar-refractivity contribution in [3.05, 3.63) is 23.8 Å². The van der Waals surface area contributed by atoms with E-state index in [4.69, 9.17) is 14.3 Å². The lowest BCUT2D eigenvalue weighted by atomic mass is 10.1. The zero-order valence-electron chi connectivity index (χ0n) is 13.2. The molecule has 1 amide bonds. The molecule has 7 nitrogen and oxygen atoms in total. The number of carbonyl (C=O) groups excluding carboxylic acids is 1. The second-order valence-corrected chi connectivity index (χ2v) is 5.60. The van der Waals surface area contributed by atoms with Crippen LogP contribution in [0, 0.1) is 0 Å². The van der Waals surface area contributed by atoms with E-state index in [1.54, 1.807) is 0 Å². The number of hydrazine groups is 1. The third-order valence-corrected chi connectivity index (χ3v) is 3.83. The van der Waals surface area contributed by atoms with Crippen molar-refractivity contribution >= 4 is 11.6 Å². The minimum atomic E-state index is -0.186. The Morgan fingerprint density at radius 1 is 1.26 bits per heavy atom. The molecule has 3 rings (SSSR count). The molecular weight excluding hydrogens is 298 g/mol. The quantitative estimate of drug-likeness (QED) is 0.660. The van der Waals surface area contributed by atoms with Crippen molar-refractivity contribution in [3.8, 4) is 11.5 Å². The number of nitrogens with zero attached hydrogens (tertiary/aromatic N) is 2. The van der Waals surface area contributed by atoms with Crippen molar-refractivity contribution in [2.45, 2.75) is 26.2 Å². The fraction of sp³-hybridized carbons (Fsp3) is 0.500. The van der Waals surface area contributed by atoms with Gasteiger partial charge in [0.25, 0.3) is 5.91 Å². The summed E-state index contributed by atoms with van der Waals surface area (Å²) in [5, 5.41) is 5.93. The molecule has 0 atom stereocenters. The lowest BCUT2D eigenvalue weighted by Gasteiger charge is -2.26. The van der Waals surface area contributed by atoms with Crippen molar-refractivity contribution in [3.63, 3.8) is 0 Å². The second kappa shape index (κ2) is 7.32. The summed E-state index contributed by atoms with van der Waals surface area (Å²) in [4.78, 5) is 16.9. The first kappa shape index (κ1) is 15.6. The highest BCUT2D eigenvalue weighted by molar-refractivity contribution is 5.99. The average molecular weight is 319 g/mol. The zero-order chi connectivity index (χ0) is 16.1. The number of carbonyl (C=O) groups is 1. The van der Waals surface area contributed by atoms with Gasteiger partial charge in [-0.1, -0.05) is 11.6 Å². The fourth-order valence-corrected chi connectivity index (χ4v) is 2.58. The van der Waals surface area contributed by atoms with Crippen LogP contribution >= 0.6 is 0 Å². The molecule has 1 fully saturated rings. The monoisotopic (exact) mass is 319 g/mol. The summed E-state index contributed by atoms with van der Waals surface area (Å²) in [6.45, 7) is 3.75. The van der Waals surface area contributed by atoms with Crippen LogP contribution in [0.25, 0.3) is 0 Å². The SMILES string of the molecule is C/C(=N/OCC(=O)NN1CCCCC1)c1ccc2c(c1)OCO2. The molecule has 0 unspecified atom stereocenters. The Morgan fingerprint density at radius 3 is 2.87 bits per heavy atom. The summed E-state index contributed by atoms with van der Waals surface area (Å²) in [5.74, 6) is 1.23. The van der Waals surface area contributed by atoms with Gasteiger partial charge in [-0.3, -0.25) is 10.2 Å². The summed E-state index contributed by atoms with van der Waals surface area (Å²) in [6, 6.07) is 5.56. The first-order valence-corrected chi connectivity index (χ1v) is 7.83. The predicted octanol–water partition coefficient (Wildman–Crippen LogP) is 1.67. The number of ether oxygens (including phenoxy) is 2. The summed E-state index contributed by atoms with van der Waals surface area (Å²) in [7, 11) is 0. The fourth-order valence-electron chi connectivity index (χ4n) is 2.58. The van der Waals surface area contributed by atoms with E-state index in [-0.39, 0.29) is 19.3 Å². The van der Waals surface area contributed by atoms with Crippen molar-refractivity contribution in [2.24, 2.45) is 5.16 Å². The number of hydrogen-bond donors (Lipinski definition) is 1. The van der Waals surface area contributed by atoms with Crippen LogP contribution in [0.4, 0.5) is 0 Å². The van der Waals surface area contributed by atoms with E-state index in [0.717, 1.165) is 37.2 Å². The third-order valence-electron chi connectivity index (χ3n) is 3.83. The Labute approximate surface area is 135 Å². The number of benzene rings is 1. The van der Waals surface area contributed by atoms with Gasteiger partial charge >= 0.3 is 0 Å². The Balaban J connectivity index is 1.48. The highest BCUT2D eigenvalue weighted by atomic mass is 16.7. The van der Waals surface area contributed by atoms with Gasteiger partial charge in [0.2, 0.25) is 6.79 Å². The van der Waals surface area contributed by atoms with Gasteiger partial charge in [0.1, 0.15) is 0 Å². The number of oxime groups is 1.